The molecule has 0 aliphatic heterocycles. The van der Waals surface area contributed by atoms with Crippen molar-refractivity contribution in [2.45, 2.75) is 51.6 Å². The zero-order chi connectivity index (χ0) is 14.5. The molecule has 20 heavy (non-hydrogen) atoms. The van der Waals surface area contributed by atoms with Crippen LogP contribution in [0.4, 0.5) is 11.6 Å². The summed E-state index contributed by atoms with van der Waals surface area (Å²) in [6.45, 7) is 5.33. The van der Waals surface area contributed by atoms with Gasteiger partial charge in [0.2, 0.25) is 0 Å². The van der Waals surface area contributed by atoms with Crippen molar-refractivity contribution in [1.82, 2.24) is 14.9 Å². The topological polar surface area (TPSA) is 53.1 Å². The maximum absolute atomic E-state index is 4.58. The van der Waals surface area contributed by atoms with Gasteiger partial charge < -0.3 is 10.6 Å². The van der Waals surface area contributed by atoms with Crippen LogP contribution in [0.2, 0.25) is 0 Å². The minimum Gasteiger partial charge on any atom is -0.373 e. The van der Waals surface area contributed by atoms with E-state index in [4.69, 9.17) is 0 Å². The highest BCUT2D eigenvalue weighted by Gasteiger charge is 2.28. The molecule has 1 atom stereocenters. The molecule has 112 valence electrons. The summed E-state index contributed by atoms with van der Waals surface area (Å²) in [7, 11) is 4.11. The van der Waals surface area contributed by atoms with Crippen LogP contribution < -0.4 is 10.6 Å². The van der Waals surface area contributed by atoms with Gasteiger partial charge in [-0.25, -0.2) is 9.97 Å². The number of rotatable bonds is 8. The molecule has 0 amide bonds. The highest BCUT2D eigenvalue weighted by atomic mass is 15.2. The standard InChI is InChI=1S/C15H27N5/c1-5-6-13-18-14(16-3)9-15(19-13)17-10-11(2)20(4)12-7-8-12/h9,11-12H,5-8,10H2,1-4H3,(H2,16,17,18,19). The second-order valence-corrected chi connectivity index (χ2v) is 5.68. The molecule has 0 bridgehead atoms. The molecule has 0 radical (unpaired) electrons. The summed E-state index contributed by atoms with van der Waals surface area (Å²) in [6.07, 6.45) is 4.67. The Bertz CT molecular complexity index is 430. The van der Waals surface area contributed by atoms with Crippen LogP contribution in [-0.4, -0.2) is 47.6 Å². The van der Waals surface area contributed by atoms with E-state index in [0.29, 0.717) is 6.04 Å². The van der Waals surface area contributed by atoms with E-state index in [1.54, 1.807) is 0 Å². The Hall–Kier alpha value is -1.36. The number of hydrogen-bond donors (Lipinski definition) is 2. The van der Waals surface area contributed by atoms with E-state index in [1.807, 2.05) is 13.1 Å². The van der Waals surface area contributed by atoms with Gasteiger partial charge in [-0.2, -0.15) is 0 Å². The van der Waals surface area contributed by atoms with E-state index < -0.39 is 0 Å². The lowest BCUT2D eigenvalue weighted by atomic mass is 10.3. The van der Waals surface area contributed by atoms with Gasteiger partial charge in [-0.1, -0.05) is 6.92 Å². The van der Waals surface area contributed by atoms with Crippen molar-refractivity contribution in [2.75, 3.05) is 31.3 Å². The quantitative estimate of drug-likeness (QED) is 0.764. The average molecular weight is 277 g/mol. The van der Waals surface area contributed by atoms with Crippen molar-refractivity contribution >= 4 is 11.6 Å². The van der Waals surface area contributed by atoms with Gasteiger partial charge >= 0.3 is 0 Å². The summed E-state index contributed by atoms with van der Waals surface area (Å²) in [6, 6.07) is 3.29. The third-order valence-electron chi connectivity index (χ3n) is 3.90. The summed E-state index contributed by atoms with van der Waals surface area (Å²) in [5.74, 6) is 2.71. The number of hydrogen-bond acceptors (Lipinski definition) is 5. The van der Waals surface area contributed by atoms with Crippen molar-refractivity contribution < 1.29 is 0 Å². The lowest BCUT2D eigenvalue weighted by molar-refractivity contribution is 0.257. The van der Waals surface area contributed by atoms with Gasteiger partial charge in [-0.15, -0.1) is 0 Å². The molecular formula is C15H27N5. The van der Waals surface area contributed by atoms with E-state index in [1.165, 1.54) is 12.8 Å². The van der Waals surface area contributed by atoms with Crippen LogP contribution in [0.3, 0.4) is 0 Å². The number of aromatic nitrogens is 2. The minimum absolute atomic E-state index is 0.519. The Morgan fingerprint density at radius 1 is 1.35 bits per heavy atom. The van der Waals surface area contributed by atoms with E-state index in [2.05, 4.69) is 46.4 Å². The van der Waals surface area contributed by atoms with Crippen LogP contribution >= 0.6 is 0 Å². The average Bonchev–Trinajstić information content (AvgIpc) is 3.28. The highest BCUT2D eigenvalue weighted by molar-refractivity contribution is 5.47. The molecule has 1 aromatic rings. The molecule has 1 saturated carbocycles. The first kappa shape index (κ1) is 15.0. The van der Waals surface area contributed by atoms with E-state index in [0.717, 1.165) is 42.9 Å². The Balaban J connectivity index is 1.95. The largest absolute Gasteiger partial charge is 0.373 e. The van der Waals surface area contributed by atoms with Crippen molar-refractivity contribution in [3.63, 3.8) is 0 Å². The molecule has 1 heterocycles. The van der Waals surface area contributed by atoms with Crippen molar-refractivity contribution in [3.05, 3.63) is 11.9 Å². The summed E-state index contributed by atoms with van der Waals surface area (Å²) in [5.41, 5.74) is 0. The molecule has 0 spiro atoms. The molecule has 1 aromatic heterocycles. The minimum atomic E-state index is 0.519. The van der Waals surface area contributed by atoms with Crippen LogP contribution in [-0.2, 0) is 6.42 Å². The number of likely N-dealkylation sites (N-methyl/N-ethyl adjacent to an activating group) is 1. The van der Waals surface area contributed by atoms with Crippen LogP contribution in [0.5, 0.6) is 0 Å². The van der Waals surface area contributed by atoms with Crippen molar-refractivity contribution in [2.24, 2.45) is 0 Å². The first-order valence-corrected chi connectivity index (χ1v) is 7.65. The second-order valence-electron chi connectivity index (χ2n) is 5.68. The Labute approximate surface area is 122 Å². The Morgan fingerprint density at radius 2 is 2.05 bits per heavy atom. The predicted molar refractivity (Wildman–Crippen MR) is 84.3 cm³/mol. The van der Waals surface area contributed by atoms with E-state index in [9.17, 15) is 0 Å². The lowest BCUT2D eigenvalue weighted by Crippen LogP contribution is -2.36. The van der Waals surface area contributed by atoms with Crippen molar-refractivity contribution in [3.8, 4) is 0 Å². The zero-order valence-corrected chi connectivity index (χ0v) is 13.1. The van der Waals surface area contributed by atoms with Crippen LogP contribution in [0.15, 0.2) is 6.07 Å². The van der Waals surface area contributed by atoms with Gasteiger partial charge in [0, 0.05) is 38.2 Å². The first-order valence-electron chi connectivity index (χ1n) is 7.65. The highest BCUT2D eigenvalue weighted by Crippen LogP contribution is 2.27. The number of nitrogens with zero attached hydrogens (tertiary/aromatic N) is 3. The van der Waals surface area contributed by atoms with Gasteiger partial charge in [0.15, 0.2) is 0 Å². The maximum Gasteiger partial charge on any atom is 0.133 e. The molecule has 2 rings (SSSR count). The molecule has 5 heteroatoms. The number of anilines is 2. The first-order chi connectivity index (χ1) is 9.63. The molecule has 1 aliphatic rings. The van der Waals surface area contributed by atoms with Gasteiger partial charge in [0.1, 0.15) is 17.5 Å². The molecule has 2 N–H and O–H groups in total. The lowest BCUT2D eigenvalue weighted by Gasteiger charge is -2.25. The SMILES string of the molecule is CCCc1nc(NC)cc(NCC(C)N(C)C2CC2)n1. The fourth-order valence-electron chi connectivity index (χ4n) is 2.29. The molecule has 5 nitrogen and oxygen atoms in total. The van der Waals surface area contributed by atoms with Gasteiger partial charge in [-0.05, 0) is 33.2 Å². The van der Waals surface area contributed by atoms with Gasteiger partial charge in [-0.3, -0.25) is 4.90 Å². The molecule has 0 saturated heterocycles. The Kier molecular flexibility index (Phi) is 5.17. The van der Waals surface area contributed by atoms with Crippen LogP contribution in [0.25, 0.3) is 0 Å². The van der Waals surface area contributed by atoms with Crippen molar-refractivity contribution in [1.29, 1.82) is 0 Å². The monoisotopic (exact) mass is 277 g/mol. The maximum atomic E-state index is 4.58. The molecular weight excluding hydrogens is 250 g/mol. The van der Waals surface area contributed by atoms with E-state index in [-0.39, 0.29) is 0 Å². The fraction of sp³-hybridized carbons (Fsp3) is 0.733. The summed E-state index contributed by atoms with van der Waals surface area (Å²) < 4.78 is 0. The van der Waals surface area contributed by atoms with Crippen LogP contribution in [0, 0.1) is 0 Å². The normalized spacial score (nSPS) is 16.2. The molecule has 0 aromatic carbocycles. The molecule has 1 fully saturated rings. The molecule has 1 unspecified atom stereocenters. The zero-order valence-electron chi connectivity index (χ0n) is 13.1. The third-order valence-corrected chi connectivity index (χ3v) is 3.90. The number of nitrogens with one attached hydrogen (secondary N) is 2. The summed E-state index contributed by atoms with van der Waals surface area (Å²) >= 11 is 0. The summed E-state index contributed by atoms with van der Waals surface area (Å²) in [5, 5.41) is 6.55. The third kappa shape index (κ3) is 4.07. The second kappa shape index (κ2) is 6.88. The van der Waals surface area contributed by atoms with E-state index >= 15 is 0 Å². The smallest absolute Gasteiger partial charge is 0.133 e. The predicted octanol–water partition coefficient (Wildman–Crippen LogP) is 2.37. The van der Waals surface area contributed by atoms with Gasteiger partial charge in [0.05, 0.1) is 0 Å². The fourth-order valence-corrected chi connectivity index (χ4v) is 2.29. The molecule has 1 aliphatic carbocycles. The van der Waals surface area contributed by atoms with Crippen LogP contribution in [0.1, 0.15) is 38.9 Å². The van der Waals surface area contributed by atoms with Gasteiger partial charge in [0.25, 0.3) is 0 Å². The number of aryl methyl sites for hydroxylation is 1. The Morgan fingerprint density at radius 3 is 2.65 bits per heavy atom. The summed E-state index contributed by atoms with van der Waals surface area (Å²) in [4.78, 5) is 11.5.